The monoisotopic (exact) mass is 325 g/mol. The Morgan fingerprint density at radius 1 is 1.25 bits per heavy atom. The SMILES string of the molecule is COc1ccc(CNCCc2c[nH]c3ccccc23)cc1[N+](=O)[O-]. The zero-order valence-electron chi connectivity index (χ0n) is 13.4. The minimum absolute atomic E-state index is 0.00608. The lowest BCUT2D eigenvalue weighted by molar-refractivity contribution is -0.385. The van der Waals surface area contributed by atoms with Crippen LogP contribution in [-0.2, 0) is 13.0 Å². The number of nitrogens with zero attached hydrogens (tertiary/aromatic N) is 1. The fourth-order valence-electron chi connectivity index (χ4n) is 2.78. The minimum Gasteiger partial charge on any atom is -0.490 e. The van der Waals surface area contributed by atoms with Crippen LogP contribution in [0.5, 0.6) is 5.75 Å². The van der Waals surface area contributed by atoms with Crippen LogP contribution in [0, 0.1) is 10.1 Å². The van der Waals surface area contributed by atoms with Crippen molar-refractivity contribution in [3.05, 3.63) is 69.9 Å². The van der Waals surface area contributed by atoms with E-state index in [9.17, 15) is 10.1 Å². The molecule has 3 rings (SSSR count). The zero-order chi connectivity index (χ0) is 16.9. The van der Waals surface area contributed by atoms with E-state index in [-0.39, 0.29) is 11.4 Å². The molecule has 0 aliphatic carbocycles. The van der Waals surface area contributed by atoms with E-state index in [1.807, 2.05) is 24.4 Å². The van der Waals surface area contributed by atoms with Gasteiger partial charge in [0.15, 0.2) is 5.75 Å². The number of fused-ring (bicyclic) bond motifs is 1. The smallest absolute Gasteiger partial charge is 0.311 e. The van der Waals surface area contributed by atoms with Gasteiger partial charge in [-0.1, -0.05) is 24.3 Å². The molecule has 0 aliphatic rings. The first-order chi connectivity index (χ1) is 11.7. The van der Waals surface area contributed by atoms with E-state index >= 15 is 0 Å². The number of para-hydroxylation sites is 1. The number of methoxy groups -OCH3 is 1. The summed E-state index contributed by atoms with van der Waals surface area (Å²) in [5.41, 5.74) is 3.26. The number of H-pyrrole nitrogens is 1. The maximum absolute atomic E-state index is 11.0. The number of aromatic nitrogens is 1. The summed E-state index contributed by atoms with van der Waals surface area (Å²) in [4.78, 5) is 13.9. The Bertz CT molecular complexity index is 858. The molecule has 3 aromatic rings. The van der Waals surface area contributed by atoms with Gasteiger partial charge in [-0.25, -0.2) is 0 Å². The maximum atomic E-state index is 11.0. The number of benzene rings is 2. The highest BCUT2D eigenvalue weighted by atomic mass is 16.6. The van der Waals surface area contributed by atoms with E-state index < -0.39 is 4.92 Å². The van der Waals surface area contributed by atoms with Crippen LogP contribution in [0.15, 0.2) is 48.7 Å². The number of nitrogens with one attached hydrogen (secondary N) is 2. The summed E-state index contributed by atoms with van der Waals surface area (Å²) in [7, 11) is 1.43. The quantitative estimate of drug-likeness (QED) is 0.396. The number of hydrogen-bond donors (Lipinski definition) is 2. The standard InChI is InChI=1S/C18H19N3O3/c1-24-18-7-6-13(10-17(18)21(22)23)11-19-9-8-14-12-20-16-5-3-2-4-15(14)16/h2-7,10,12,19-20H,8-9,11H2,1H3. The fourth-order valence-corrected chi connectivity index (χ4v) is 2.78. The van der Waals surface area contributed by atoms with Crippen LogP contribution in [0.1, 0.15) is 11.1 Å². The maximum Gasteiger partial charge on any atom is 0.311 e. The van der Waals surface area contributed by atoms with Gasteiger partial charge < -0.3 is 15.0 Å². The first-order valence-electron chi connectivity index (χ1n) is 7.76. The van der Waals surface area contributed by atoms with E-state index in [1.165, 1.54) is 18.1 Å². The van der Waals surface area contributed by atoms with Crippen LogP contribution in [0.3, 0.4) is 0 Å². The summed E-state index contributed by atoms with van der Waals surface area (Å²) < 4.78 is 5.01. The molecule has 0 saturated heterocycles. The lowest BCUT2D eigenvalue weighted by Gasteiger charge is -2.07. The largest absolute Gasteiger partial charge is 0.490 e. The summed E-state index contributed by atoms with van der Waals surface area (Å²) in [5.74, 6) is 0.280. The second kappa shape index (κ2) is 7.14. The lowest BCUT2D eigenvalue weighted by atomic mass is 10.1. The Balaban J connectivity index is 1.59. The van der Waals surface area contributed by atoms with Gasteiger partial charge in [-0.2, -0.15) is 0 Å². The summed E-state index contributed by atoms with van der Waals surface area (Å²) in [6.45, 7) is 1.37. The molecular formula is C18H19N3O3. The van der Waals surface area contributed by atoms with Crippen molar-refractivity contribution in [3.8, 4) is 5.75 Å². The molecule has 2 N–H and O–H groups in total. The molecule has 2 aromatic carbocycles. The first kappa shape index (κ1) is 16.0. The Labute approximate surface area is 139 Å². The van der Waals surface area contributed by atoms with Gasteiger partial charge in [-0.05, 0) is 36.2 Å². The number of nitro benzene ring substituents is 1. The number of ether oxygens (including phenoxy) is 1. The second-order valence-corrected chi connectivity index (χ2v) is 5.55. The summed E-state index contributed by atoms with van der Waals surface area (Å²) in [6, 6.07) is 13.2. The molecule has 0 aliphatic heterocycles. The van der Waals surface area contributed by atoms with Crippen LogP contribution in [0.2, 0.25) is 0 Å². The number of rotatable bonds is 7. The van der Waals surface area contributed by atoms with Crippen LogP contribution < -0.4 is 10.1 Å². The van der Waals surface area contributed by atoms with E-state index in [2.05, 4.69) is 22.4 Å². The highest BCUT2D eigenvalue weighted by Crippen LogP contribution is 2.27. The van der Waals surface area contributed by atoms with E-state index in [4.69, 9.17) is 4.74 Å². The predicted molar refractivity (Wildman–Crippen MR) is 93.4 cm³/mol. The normalized spacial score (nSPS) is 10.9. The van der Waals surface area contributed by atoms with Gasteiger partial charge in [0.2, 0.25) is 0 Å². The summed E-state index contributed by atoms with van der Waals surface area (Å²) in [5, 5.41) is 15.6. The van der Waals surface area contributed by atoms with Gasteiger partial charge in [-0.15, -0.1) is 0 Å². The van der Waals surface area contributed by atoms with Crippen molar-refractivity contribution >= 4 is 16.6 Å². The number of hydrogen-bond acceptors (Lipinski definition) is 4. The molecule has 1 aromatic heterocycles. The van der Waals surface area contributed by atoms with Crippen LogP contribution >= 0.6 is 0 Å². The van der Waals surface area contributed by atoms with Gasteiger partial charge in [-0.3, -0.25) is 10.1 Å². The predicted octanol–water partition coefficient (Wildman–Crippen LogP) is 3.42. The third-order valence-corrected chi connectivity index (χ3v) is 4.02. The third-order valence-electron chi connectivity index (χ3n) is 4.02. The molecule has 0 unspecified atom stereocenters. The second-order valence-electron chi connectivity index (χ2n) is 5.55. The molecule has 124 valence electrons. The number of aromatic amines is 1. The number of nitro groups is 1. The molecule has 0 bridgehead atoms. The lowest BCUT2D eigenvalue weighted by Crippen LogP contribution is -2.16. The Morgan fingerprint density at radius 2 is 2.08 bits per heavy atom. The third kappa shape index (κ3) is 3.38. The van der Waals surface area contributed by atoms with Crippen molar-refractivity contribution in [3.63, 3.8) is 0 Å². The van der Waals surface area contributed by atoms with Crippen molar-refractivity contribution in [2.75, 3.05) is 13.7 Å². The van der Waals surface area contributed by atoms with E-state index in [0.717, 1.165) is 24.0 Å². The van der Waals surface area contributed by atoms with Gasteiger partial charge in [0.1, 0.15) is 0 Å². The van der Waals surface area contributed by atoms with Gasteiger partial charge >= 0.3 is 5.69 Å². The highest BCUT2D eigenvalue weighted by Gasteiger charge is 2.14. The fraction of sp³-hybridized carbons (Fsp3) is 0.222. The molecule has 24 heavy (non-hydrogen) atoms. The molecule has 0 fully saturated rings. The first-order valence-corrected chi connectivity index (χ1v) is 7.76. The van der Waals surface area contributed by atoms with Crippen molar-refractivity contribution in [1.29, 1.82) is 0 Å². The topological polar surface area (TPSA) is 80.2 Å². The minimum atomic E-state index is -0.422. The van der Waals surface area contributed by atoms with E-state index in [0.29, 0.717) is 6.54 Å². The molecule has 6 nitrogen and oxygen atoms in total. The average Bonchev–Trinajstić information content (AvgIpc) is 3.01. The molecule has 0 saturated carbocycles. The van der Waals surface area contributed by atoms with Gasteiger partial charge in [0, 0.05) is 29.7 Å². The van der Waals surface area contributed by atoms with Gasteiger partial charge in [0.05, 0.1) is 12.0 Å². The summed E-state index contributed by atoms with van der Waals surface area (Å²) >= 11 is 0. The van der Waals surface area contributed by atoms with E-state index in [1.54, 1.807) is 12.1 Å². The van der Waals surface area contributed by atoms with Crippen molar-refractivity contribution in [2.45, 2.75) is 13.0 Å². The molecule has 0 spiro atoms. The molecule has 1 heterocycles. The molecule has 0 amide bonds. The van der Waals surface area contributed by atoms with Crippen molar-refractivity contribution in [1.82, 2.24) is 10.3 Å². The van der Waals surface area contributed by atoms with Crippen molar-refractivity contribution < 1.29 is 9.66 Å². The van der Waals surface area contributed by atoms with Crippen molar-refractivity contribution in [2.24, 2.45) is 0 Å². The Hall–Kier alpha value is -2.86. The Kier molecular flexibility index (Phi) is 4.77. The van der Waals surface area contributed by atoms with Gasteiger partial charge in [0.25, 0.3) is 0 Å². The summed E-state index contributed by atoms with van der Waals surface area (Å²) in [6.07, 6.45) is 2.92. The zero-order valence-corrected chi connectivity index (χ0v) is 13.4. The highest BCUT2D eigenvalue weighted by molar-refractivity contribution is 5.83. The van der Waals surface area contributed by atoms with Crippen LogP contribution in [-0.4, -0.2) is 23.6 Å². The van der Waals surface area contributed by atoms with Crippen LogP contribution in [0.4, 0.5) is 5.69 Å². The molecule has 0 atom stereocenters. The average molecular weight is 325 g/mol. The molecular weight excluding hydrogens is 306 g/mol. The molecule has 0 radical (unpaired) electrons. The van der Waals surface area contributed by atoms with Crippen LogP contribution in [0.25, 0.3) is 10.9 Å². The Morgan fingerprint density at radius 3 is 2.88 bits per heavy atom. The molecule has 6 heteroatoms.